The van der Waals surface area contributed by atoms with E-state index in [2.05, 4.69) is 26.3 Å². The van der Waals surface area contributed by atoms with Gasteiger partial charge in [0.1, 0.15) is 22.1 Å². The number of methoxy groups -OCH3 is 1. The summed E-state index contributed by atoms with van der Waals surface area (Å²) in [4.78, 5) is 6.31. The molecule has 1 N–H and O–H groups in total. The number of hydrogen-bond donors (Lipinski definition) is 1. The van der Waals surface area contributed by atoms with E-state index in [0.29, 0.717) is 46.1 Å². The number of piperidine rings is 1. The van der Waals surface area contributed by atoms with Gasteiger partial charge in [-0.25, -0.2) is 8.42 Å². The van der Waals surface area contributed by atoms with E-state index in [1.807, 2.05) is 6.07 Å². The van der Waals surface area contributed by atoms with Gasteiger partial charge in [-0.15, -0.1) is 13.2 Å². The Morgan fingerprint density at radius 1 is 0.957 bits per heavy atom. The Kier molecular flexibility index (Phi) is 10.1. The summed E-state index contributed by atoms with van der Waals surface area (Å²) >= 11 is 0. The van der Waals surface area contributed by atoms with Crippen LogP contribution in [0, 0.1) is 12.8 Å². The normalized spacial score (nSPS) is 14.7. The van der Waals surface area contributed by atoms with Crippen LogP contribution in [-0.4, -0.2) is 58.0 Å². The Morgan fingerprint density at radius 2 is 1.72 bits per heavy atom. The Morgan fingerprint density at radius 3 is 2.43 bits per heavy atom. The highest BCUT2D eigenvalue weighted by Crippen LogP contribution is 2.38. The molecule has 0 radical (unpaired) electrons. The van der Waals surface area contributed by atoms with Gasteiger partial charge >= 0.3 is 6.36 Å². The number of sulfonamides is 1. The maximum atomic E-state index is 13.0. The van der Waals surface area contributed by atoms with Crippen LogP contribution in [0.1, 0.15) is 31.7 Å². The maximum absolute atomic E-state index is 13.0. The van der Waals surface area contributed by atoms with Crippen molar-refractivity contribution in [3.8, 4) is 28.7 Å². The Bertz CT molecular complexity index is 1780. The van der Waals surface area contributed by atoms with Crippen molar-refractivity contribution in [1.82, 2.24) is 9.88 Å². The fourth-order valence-corrected chi connectivity index (χ4v) is 6.46. The van der Waals surface area contributed by atoms with Crippen LogP contribution in [0.25, 0.3) is 10.9 Å². The lowest BCUT2D eigenvalue weighted by atomic mass is 9.99. The summed E-state index contributed by atoms with van der Waals surface area (Å²) in [7, 11) is -2.85. The van der Waals surface area contributed by atoms with Crippen LogP contribution < -0.4 is 23.7 Å². The number of rotatable bonds is 12. The van der Waals surface area contributed by atoms with Crippen molar-refractivity contribution in [2.45, 2.75) is 44.4 Å². The second-order valence-electron chi connectivity index (χ2n) is 11.2. The van der Waals surface area contributed by atoms with Gasteiger partial charge in [0.15, 0.2) is 11.5 Å². The van der Waals surface area contributed by atoms with Gasteiger partial charge in [0.05, 0.1) is 19.2 Å². The highest BCUT2D eigenvalue weighted by atomic mass is 32.2. The van der Waals surface area contributed by atoms with Crippen LogP contribution in [-0.2, 0) is 10.0 Å². The zero-order valence-corrected chi connectivity index (χ0v) is 26.6. The maximum Gasteiger partial charge on any atom is 0.573 e. The molecule has 0 atom stereocenters. The zero-order chi connectivity index (χ0) is 32.9. The third-order valence-electron chi connectivity index (χ3n) is 7.75. The molecule has 0 bridgehead atoms. The lowest BCUT2D eigenvalue weighted by Crippen LogP contribution is -2.34. The lowest BCUT2D eigenvalue weighted by Gasteiger charge is -2.30. The molecule has 2 heterocycles. The quantitative estimate of drug-likeness (QED) is 0.156. The number of aryl methyl sites for hydroxylation is 1. The van der Waals surface area contributed by atoms with Crippen LogP contribution in [0.3, 0.4) is 0 Å². The predicted molar refractivity (Wildman–Crippen MR) is 168 cm³/mol. The number of nitrogens with zero attached hydrogens (tertiary/aromatic N) is 2. The van der Waals surface area contributed by atoms with E-state index in [-0.39, 0.29) is 5.69 Å². The zero-order valence-electron chi connectivity index (χ0n) is 25.8. The third-order valence-corrected chi connectivity index (χ3v) is 9.17. The molecule has 46 heavy (non-hydrogen) atoms. The number of hydrogen-bond acceptors (Lipinski definition) is 8. The van der Waals surface area contributed by atoms with Crippen LogP contribution in [0.5, 0.6) is 28.7 Å². The molecule has 9 nitrogen and oxygen atoms in total. The van der Waals surface area contributed by atoms with Gasteiger partial charge in [0, 0.05) is 29.9 Å². The fourth-order valence-electron chi connectivity index (χ4n) is 5.28. The highest BCUT2D eigenvalue weighted by molar-refractivity contribution is 7.92. The first kappa shape index (κ1) is 33.1. The number of fused-ring (bicyclic) bond motifs is 1. The molecular formula is C33H36F3N3O6S. The Hall–Kier alpha value is -4.23. The number of para-hydroxylation sites is 1. The van der Waals surface area contributed by atoms with Gasteiger partial charge in [-0.2, -0.15) is 0 Å². The molecule has 13 heteroatoms. The van der Waals surface area contributed by atoms with Gasteiger partial charge < -0.3 is 23.8 Å². The van der Waals surface area contributed by atoms with Crippen LogP contribution in [0.2, 0.25) is 0 Å². The van der Waals surface area contributed by atoms with Crippen molar-refractivity contribution in [2.24, 2.45) is 5.92 Å². The molecule has 0 aliphatic carbocycles. The van der Waals surface area contributed by atoms with Gasteiger partial charge in [0.25, 0.3) is 10.0 Å². The monoisotopic (exact) mass is 659 g/mol. The molecule has 0 spiro atoms. The Balaban J connectivity index is 1.28. The van der Waals surface area contributed by atoms with Crippen molar-refractivity contribution in [1.29, 1.82) is 0 Å². The van der Waals surface area contributed by atoms with Crippen LogP contribution in [0.4, 0.5) is 18.9 Å². The first-order valence-electron chi connectivity index (χ1n) is 14.9. The summed E-state index contributed by atoms with van der Waals surface area (Å²) in [6.45, 7) is 7.79. The van der Waals surface area contributed by atoms with E-state index in [1.54, 1.807) is 38.4 Å². The van der Waals surface area contributed by atoms with Crippen molar-refractivity contribution in [2.75, 3.05) is 38.1 Å². The lowest BCUT2D eigenvalue weighted by molar-refractivity contribution is -0.275. The van der Waals surface area contributed by atoms with Crippen molar-refractivity contribution >= 4 is 26.6 Å². The number of halogens is 3. The first-order chi connectivity index (χ1) is 21.9. The van der Waals surface area contributed by atoms with Crippen molar-refractivity contribution in [3.63, 3.8) is 0 Å². The number of nitrogens with one attached hydrogen (secondary N) is 1. The molecule has 1 aliphatic heterocycles. The van der Waals surface area contributed by atoms with Crippen molar-refractivity contribution in [3.05, 3.63) is 72.4 Å². The summed E-state index contributed by atoms with van der Waals surface area (Å²) in [5.74, 6) is 2.00. The first-order valence-corrected chi connectivity index (χ1v) is 16.4. The SMILES string of the molecule is COc1cc2c(Oc3ccc(NS(=O)(=O)c4ccccc4OC(F)(F)F)cc3C)ccnc2cc1OCCCN1CCC(C)CC1. The molecule has 0 amide bonds. The van der Waals surface area contributed by atoms with E-state index in [0.717, 1.165) is 44.1 Å². The minimum Gasteiger partial charge on any atom is -0.493 e. The van der Waals surface area contributed by atoms with Gasteiger partial charge in [0.2, 0.25) is 0 Å². The molecule has 4 aromatic rings. The van der Waals surface area contributed by atoms with Crippen LogP contribution in [0.15, 0.2) is 71.8 Å². The second kappa shape index (κ2) is 14.0. The summed E-state index contributed by atoms with van der Waals surface area (Å²) in [5.41, 5.74) is 1.34. The smallest absolute Gasteiger partial charge is 0.493 e. The summed E-state index contributed by atoms with van der Waals surface area (Å²) in [5, 5.41) is 0.680. The molecule has 246 valence electrons. The minimum atomic E-state index is -5.05. The van der Waals surface area contributed by atoms with E-state index in [1.165, 1.54) is 37.1 Å². The fraction of sp³-hybridized carbons (Fsp3) is 0.364. The number of anilines is 1. The van der Waals surface area contributed by atoms with Crippen molar-refractivity contribution < 1.29 is 40.5 Å². The standard InChI is InChI=1S/C33H36F3N3O6S/c1-22-12-16-39(17-13-22)15-6-18-43-31-21-26-25(20-30(31)42-3)28(11-14-37-26)44-27-10-9-24(19-23(27)2)38-46(40,41)32-8-5-4-7-29(32)45-33(34,35)36/h4-5,7-11,14,19-22,38H,6,12-13,15-18H2,1-3H3. The predicted octanol–water partition coefficient (Wildman–Crippen LogP) is 7.54. The average molecular weight is 660 g/mol. The molecule has 0 saturated carbocycles. The number of alkyl halides is 3. The Labute approximate surface area is 266 Å². The summed E-state index contributed by atoms with van der Waals surface area (Å²) in [6, 6.07) is 14.4. The molecule has 1 saturated heterocycles. The molecule has 3 aromatic carbocycles. The van der Waals surface area contributed by atoms with E-state index in [4.69, 9.17) is 14.2 Å². The highest BCUT2D eigenvalue weighted by Gasteiger charge is 2.34. The topological polar surface area (TPSA) is 99.2 Å². The molecule has 5 rings (SSSR count). The molecule has 0 unspecified atom stereocenters. The summed E-state index contributed by atoms with van der Waals surface area (Å²) < 4.78 is 88.6. The number of aromatic nitrogens is 1. The average Bonchev–Trinajstić information content (AvgIpc) is 3.00. The van der Waals surface area contributed by atoms with Gasteiger partial charge in [-0.3, -0.25) is 9.71 Å². The molecule has 1 aromatic heterocycles. The summed E-state index contributed by atoms with van der Waals surface area (Å²) in [6.07, 6.45) is -0.0775. The second-order valence-corrected chi connectivity index (χ2v) is 12.9. The van der Waals surface area contributed by atoms with E-state index >= 15 is 0 Å². The largest absolute Gasteiger partial charge is 0.573 e. The number of pyridine rings is 1. The van der Waals surface area contributed by atoms with Crippen LogP contribution >= 0.6 is 0 Å². The van der Waals surface area contributed by atoms with E-state index < -0.39 is 27.0 Å². The molecule has 1 fully saturated rings. The minimum absolute atomic E-state index is 0.129. The third kappa shape index (κ3) is 8.32. The van der Waals surface area contributed by atoms with Gasteiger partial charge in [-0.05, 0) is 93.2 Å². The number of likely N-dealkylation sites (tertiary alicyclic amines) is 1. The van der Waals surface area contributed by atoms with E-state index in [9.17, 15) is 21.6 Å². The molecule has 1 aliphatic rings. The number of ether oxygens (including phenoxy) is 4. The molecular weight excluding hydrogens is 623 g/mol. The number of benzene rings is 3. The van der Waals surface area contributed by atoms with Gasteiger partial charge in [-0.1, -0.05) is 19.1 Å².